The zero-order valence-electron chi connectivity index (χ0n) is 18.8. The molecular weight excluding hydrogens is 484 g/mol. The number of amides is 3. The summed E-state index contributed by atoms with van der Waals surface area (Å²) in [6.07, 6.45) is 1.72. The summed E-state index contributed by atoms with van der Waals surface area (Å²) in [6, 6.07) is 15.1. The number of thioether (sulfide) groups is 1. The van der Waals surface area contributed by atoms with E-state index >= 15 is 0 Å². The lowest BCUT2D eigenvalue weighted by atomic mass is 9.99. The van der Waals surface area contributed by atoms with E-state index in [1.807, 2.05) is 48.5 Å². The van der Waals surface area contributed by atoms with Gasteiger partial charge in [-0.3, -0.25) is 19.8 Å². The van der Waals surface area contributed by atoms with Crippen LogP contribution in [0.25, 0.3) is 11.3 Å². The van der Waals surface area contributed by atoms with Crippen LogP contribution in [0, 0.1) is 0 Å². The van der Waals surface area contributed by atoms with E-state index in [2.05, 4.69) is 10.3 Å². The van der Waals surface area contributed by atoms with Crippen LogP contribution in [-0.2, 0) is 16.1 Å². The van der Waals surface area contributed by atoms with Crippen molar-refractivity contribution < 1.29 is 19.1 Å². The highest BCUT2D eigenvalue weighted by atomic mass is 32.2. The molecule has 3 N–H and O–H groups in total. The number of primary amides is 1. The predicted octanol–water partition coefficient (Wildman–Crippen LogP) is 4.44. The van der Waals surface area contributed by atoms with Gasteiger partial charge >= 0.3 is 6.09 Å². The van der Waals surface area contributed by atoms with E-state index in [0.29, 0.717) is 40.2 Å². The number of nitrogens with two attached hydrogens (primary N) is 1. The van der Waals surface area contributed by atoms with Gasteiger partial charge in [-0.25, -0.2) is 9.78 Å². The first-order valence-corrected chi connectivity index (χ1v) is 13.2. The lowest BCUT2D eigenvalue weighted by Gasteiger charge is -2.22. The summed E-state index contributed by atoms with van der Waals surface area (Å²) in [7, 11) is 0. The molecule has 2 fully saturated rings. The van der Waals surface area contributed by atoms with Gasteiger partial charge in [0.2, 0.25) is 5.91 Å². The Bertz CT molecular complexity index is 1260. The normalized spacial score (nSPS) is 17.3. The number of anilines is 1. The lowest BCUT2D eigenvalue weighted by molar-refractivity contribution is -0.117. The smallest absolute Gasteiger partial charge is 0.411 e. The number of carbonyl (C=O) groups excluding carboxylic acids is 3. The zero-order valence-corrected chi connectivity index (χ0v) is 20.4. The Hall–Kier alpha value is -3.37. The maximum absolute atomic E-state index is 13.0. The molecule has 8 nitrogen and oxygen atoms in total. The molecule has 0 spiro atoms. The van der Waals surface area contributed by atoms with Crippen molar-refractivity contribution in [1.82, 2.24) is 9.88 Å². The molecule has 1 unspecified atom stereocenters. The van der Waals surface area contributed by atoms with Gasteiger partial charge in [-0.15, -0.1) is 23.1 Å². The fraction of sp³-hybridized carbons (Fsp3) is 0.280. The molecule has 2 aromatic carbocycles. The van der Waals surface area contributed by atoms with E-state index in [1.54, 1.807) is 5.38 Å². The molecule has 3 aromatic rings. The third-order valence-corrected chi connectivity index (χ3v) is 7.88. The number of nitrogens with one attached hydrogen (secondary N) is 1. The fourth-order valence-electron chi connectivity index (χ4n) is 3.96. The molecule has 10 heteroatoms. The van der Waals surface area contributed by atoms with Crippen molar-refractivity contribution in [3.63, 3.8) is 0 Å². The topological polar surface area (TPSA) is 115 Å². The minimum absolute atomic E-state index is 0.146. The molecular formula is C25H24N4O4S2. The molecule has 1 aliphatic carbocycles. The van der Waals surface area contributed by atoms with Crippen LogP contribution in [0.1, 0.15) is 40.2 Å². The van der Waals surface area contributed by atoms with Crippen LogP contribution < -0.4 is 11.1 Å². The van der Waals surface area contributed by atoms with Gasteiger partial charge in [0.15, 0.2) is 10.5 Å². The average Bonchev–Trinajstić information content (AvgIpc) is 3.41. The maximum atomic E-state index is 13.0. The van der Waals surface area contributed by atoms with Gasteiger partial charge in [-0.1, -0.05) is 42.5 Å². The van der Waals surface area contributed by atoms with Crippen LogP contribution in [0.5, 0.6) is 0 Å². The second-order valence-electron chi connectivity index (χ2n) is 8.43. The van der Waals surface area contributed by atoms with Gasteiger partial charge in [0.25, 0.3) is 5.91 Å². The van der Waals surface area contributed by atoms with Gasteiger partial charge in [0, 0.05) is 28.8 Å². The van der Waals surface area contributed by atoms with Crippen LogP contribution >= 0.6 is 23.1 Å². The van der Waals surface area contributed by atoms with Crippen molar-refractivity contribution in [3.05, 3.63) is 70.6 Å². The molecule has 3 amide bonds. The number of aromatic nitrogens is 1. The molecule has 5 rings (SSSR count). The second-order valence-corrected chi connectivity index (χ2v) is 10.5. The number of benzene rings is 2. The summed E-state index contributed by atoms with van der Waals surface area (Å²) in [5.74, 6) is 0.285. The molecule has 1 saturated heterocycles. The predicted molar refractivity (Wildman–Crippen MR) is 136 cm³/mol. The van der Waals surface area contributed by atoms with Crippen molar-refractivity contribution in [1.29, 1.82) is 0 Å². The summed E-state index contributed by atoms with van der Waals surface area (Å²) in [6.45, 7) is 0.571. The Morgan fingerprint density at radius 3 is 2.69 bits per heavy atom. The molecule has 1 saturated carbocycles. The van der Waals surface area contributed by atoms with Crippen LogP contribution in [0.4, 0.5) is 9.93 Å². The second kappa shape index (κ2) is 10.1. The van der Waals surface area contributed by atoms with Crippen LogP contribution in [0.2, 0.25) is 0 Å². The lowest BCUT2D eigenvalue weighted by Crippen LogP contribution is -2.42. The third-order valence-electron chi connectivity index (χ3n) is 5.92. The number of hydrogen-bond acceptors (Lipinski definition) is 7. The van der Waals surface area contributed by atoms with Gasteiger partial charge < -0.3 is 10.5 Å². The summed E-state index contributed by atoms with van der Waals surface area (Å²) in [5.41, 5.74) is 9.26. The number of nitrogens with zero attached hydrogens (tertiary/aromatic N) is 2. The summed E-state index contributed by atoms with van der Waals surface area (Å²) < 4.78 is 5.41. The van der Waals surface area contributed by atoms with E-state index in [9.17, 15) is 14.4 Å². The van der Waals surface area contributed by atoms with Crippen LogP contribution in [0.3, 0.4) is 0 Å². The van der Waals surface area contributed by atoms with Gasteiger partial charge in [-0.2, -0.15) is 0 Å². The highest BCUT2D eigenvalue weighted by Crippen LogP contribution is 2.41. The van der Waals surface area contributed by atoms with Crippen LogP contribution in [0.15, 0.2) is 53.9 Å². The molecule has 0 bridgehead atoms. The van der Waals surface area contributed by atoms with E-state index < -0.39 is 17.4 Å². The Morgan fingerprint density at radius 1 is 1.14 bits per heavy atom. The fourth-order valence-corrected chi connectivity index (χ4v) is 5.78. The molecule has 35 heavy (non-hydrogen) atoms. The van der Waals surface area contributed by atoms with Crippen molar-refractivity contribution in [3.8, 4) is 11.3 Å². The monoisotopic (exact) mass is 508 g/mol. The standard InChI is InChI=1S/C25H24N4O4S2/c26-21(30)19-12-17(16-6-7-16)8-9-18(19)20-14-35-24(27-20)28-22(31)23-29(10-11-34-23)25(32)33-13-15-4-2-1-3-5-15/h1-5,8-9,12,14,16,23H,6-7,10-11,13H2,(H2,26,30)(H,27,28,31). The molecule has 2 heterocycles. The van der Waals surface area contributed by atoms with Gasteiger partial charge in [0.05, 0.1) is 5.69 Å². The largest absolute Gasteiger partial charge is 0.445 e. The first-order valence-electron chi connectivity index (χ1n) is 11.3. The Balaban J connectivity index is 1.25. The van der Waals surface area contributed by atoms with Crippen molar-refractivity contribution in [2.24, 2.45) is 5.73 Å². The number of hydrogen-bond donors (Lipinski definition) is 2. The van der Waals surface area contributed by atoms with E-state index in [-0.39, 0.29) is 12.5 Å². The molecule has 1 aromatic heterocycles. The van der Waals surface area contributed by atoms with Crippen LogP contribution in [-0.4, -0.2) is 45.5 Å². The molecule has 1 atom stereocenters. The third kappa shape index (κ3) is 5.33. The quantitative estimate of drug-likeness (QED) is 0.488. The molecule has 0 radical (unpaired) electrons. The van der Waals surface area contributed by atoms with Gasteiger partial charge in [-0.05, 0) is 36.0 Å². The maximum Gasteiger partial charge on any atom is 0.411 e. The highest BCUT2D eigenvalue weighted by Gasteiger charge is 2.36. The number of rotatable bonds is 7. The van der Waals surface area contributed by atoms with Gasteiger partial charge in [0.1, 0.15) is 6.61 Å². The SMILES string of the molecule is NC(=O)c1cc(C2CC2)ccc1-c1csc(NC(=O)C2SCCN2C(=O)OCc2ccccc2)n1. The minimum atomic E-state index is -0.704. The molecule has 1 aliphatic heterocycles. The zero-order chi connectivity index (χ0) is 24.4. The number of thiazole rings is 1. The Morgan fingerprint density at radius 2 is 1.94 bits per heavy atom. The molecule has 180 valence electrons. The number of carbonyl (C=O) groups is 3. The Labute approximate surface area is 210 Å². The Kier molecular flexibility index (Phi) is 6.74. The molecule has 2 aliphatic rings. The first-order chi connectivity index (χ1) is 17.0. The first kappa shape index (κ1) is 23.4. The number of ether oxygens (including phenoxy) is 1. The summed E-state index contributed by atoms with van der Waals surface area (Å²) in [5, 5.41) is 4.26. The highest BCUT2D eigenvalue weighted by molar-refractivity contribution is 8.00. The van der Waals surface area contributed by atoms with E-state index in [4.69, 9.17) is 10.5 Å². The van der Waals surface area contributed by atoms with Crippen molar-refractivity contribution in [2.75, 3.05) is 17.6 Å². The summed E-state index contributed by atoms with van der Waals surface area (Å²) in [4.78, 5) is 43.6. The van der Waals surface area contributed by atoms with Crippen molar-refractivity contribution in [2.45, 2.75) is 30.7 Å². The van der Waals surface area contributed by atoms with E-state index in [0.717, 1.165) is 24.0 Å². The van der Waals surface area contributed by atoms with Crippen molar-refractivity contribution >= 4 is 46.1 Å². The summed E-state index contributed by atoms with van der Waals surface area (Å²) >= 11 is 2.63. The minimum Gasteiger partial charge on any atom is -0.445 e. The average molecular weight is 509 g/mol. The van der Waals surface area contributed by atoms with E-state index in [1.165, 1.54) is 28.0 Å².